The molecule has 9 nitrogen and oxygen atoms in total. The number of hydrogen-bond donors (Lipinski definition) is 2. The normalized spacial score (nSPS) is 36.8. The van der Waals surface area contributed by atoms with Crippen molar-refractivity contribution in [3.05, 3.63) is 46.5 Å². The molecule has 4 bridgehead atoms. The zero-order valence-corrected chi connectivity index (χ0v) is 25.2. The molecule has 0 aromatic heterocycles. The number of halogens is 1. The van der Waals surface area contributed by atoms with Crippen molar-refractivity contribution in [3.63, 3.8) is 0 Å². The van der Waals surface area contributed by atoms with Gasteiger partial charge in [0.1, 0.15) is 23.0 Å². The van der Waals surface area contributed by atoms with E-state index in [1.807, 2.05) is 45.9 Å². The van der Waals surface area contributed by atoms with Gasteiger partial charge in [0, 0.05) is 38.8 Å². The second-order valence-electron chi connectivity index (χ2n) is 11.6. The molecule has 8 atom stereocenters. The Morgan fingerprint density at radius 3 is 2.55 bits per heavy atom. The molecule has 3 aliphatic rings. The van der Waals surface area contributed by atoms with Crippen molar-refractivity contribution in [1.29, 1.82) is 0 Å². The Balaban J connectivity index is 1.78. The standard InChI is InChI=1S/C30H41ClN2O7/c1-16-10-9-11-24(38-8)30(36)15-23(39-28(35)32-30)19(4)27-29(5,40-27)17(2)12-25(34)33(6)21-13-20(18(16)3)14-22(37-7)26(21)31/h9-11,13-14,17-19,23-24,27,36H,12,15H2,1-8H3,(H,32,35). The molecule has 0 aliphatic carbocycles. The molecule has 3 aliphatic heterocycles. The number of carbonyl (C=O) groups is 2. The SMILES string of the molecule is COc1cc2cc(c1Cl)N(C)C(=O)CC(C)C1(C)OC1C(C)C1CC(O)(NC(=O)O1)C(OC)C=CC=C(C)C2C. The molecule has 40 heavy (non-hydrogen) atoms. The number of allylic oxidation sites excluding steroid dienone is 3. The maximum absolute atomic E-state index is 13.5. The number of benzene rings is 1. The summed E-state index contributed by atoms with van der Waals surface area (Å²) in [6.45, 7) is 9.93. The summed E-state index contributed by atoms with van der Waals surface area (Å²) in [7, 11) is 4.76. The van der Waals surface area contributed by atoms with Gasteiger partial charge in [-0.1, -0.05) is 56.2 Å². The molecule has 2 N–H and O–H groups in total. The third-order valence-corrected chi connectivity index (χ3v) is 9.43. The highest BCUT2D eigenvalue weighted by Crippen LogP contribution is 2.50. The monoisotopic (exact) mass is 576 g/mol. The first-order valence-electron chi connectivity index (χ1n) is 13.7. The Bertz CT molecular complexity index is 1220. The molecule has 0 spiro atoms. The first-order chi connectivity index (χ1) is 18.8. The summed E-state index contributed by atoms with van der Waals surface area (Å²) in [6.07, 6.45) is 3.36. The number of ether oxygens (including phenoxy) is 4. The summed E-state index contributed by atoms with van der Waals surface area (Å²) < 4.78 is 23.0. The molecule has 220 valence electrons. The van der Waals surface area contributed by atoms with E-state index in [0.29, 0.717) is 16.5 Å². The van der Waals surface area contributed by atoms with Crippen LogP contribution in [0.25, 0.3) is 0 Å². The van der Waals surface area contributed by atoms with Gasteiger partial charge in [-0.25, -0.2) is 4.79 Å². The topological polar surface area (TPSA) is 110 Å². The first-order valence-corrected chi connectivity index (χ1v) is 14.0. The van der Waals surface area contributed by atoms with Gasteiger partial charge in [0.15, 0.2) is 5.72 Å². The summed E-state index contributed by atoms with van der Waals surface area (Å²) >= 11 is 6.69. The van der Waals surface area contributed by atoms with Crippen molar-refractivity contribution < 1.29 is 33.6 Å². The van der Waals surface area contributed by atoms with Crippen LogP contribution in [0.5, 0.6) is 5.75 Å². The molecule has 1 aromatic carbocycles. The molecule has 3 heterocycles. The van der Waals surface area contributed by atoms with E-state index >= 15 is 0 Å². The number of methoxy groups -OCH3 is 2. The number of alkyl carbamates (subject to hydrolysis) is 1. The van der Waals surface area contributed by atoms with Gasteiger partial charge in [0.25, 0.3) is 0 Å². The lowest BCUT2D eigenvalue weighted by Gasteiger charge is -2.42. The van der Waals surface area contributed by atoms with Crippen molar-refractivity contribution in [2.75, 3.05) is 26.2 Å². The van der Waals surface area contributed by atoms with Crippen molar-refractivity contribution >= 4 is 29.3 Å². The van der Waals surface area contributed by atoms with E-state index in [9.17, 15) is 14.7 Å². The number of fused-ring (bicyclic) bond motifs is 5. The van der Waals surface area contributed by atoms with Gasteiger partial charge in [-0.2, -0.15) is 0 Å². The average Bonchev–Trinajstić information content (AvgIpc) is 3.61. The Labute approximate surface area is 241 Å². The summed E-state index contributed by atoms with van der Waals surface area (Å²) in [5, 5.41) is 14.4. The van der Waals surface area contributed by atoms with Crippen LogP contribution in [-0.4, -0.2) is 68.0 Å². The van der Waals surface area contributed by atoms with Crippen LogP contribution in [-0.2, 0) is 19.0 Å². The van der Waals surface area contributed by atoms with Crippen LogP contribution in [0, 0.1) is 11.8 Å². The van der Waals surface area contributed by atoms with E-state index in [0.717, 1.165) is 11.1 Å². The predicted molar refractivity (Wildman–Crippen MR) is 153 cm³/mol. The highest BCUT2D eigenvalue weighted by molar-refractivity contribution is 6.35. The quantitative estimate of drug-likeness (QED) is 0.479. The minimum absolute atomic E-state index is 0.0456. The molecule has 2 fully saturated rings. The Hall–Kier alpha value is -2.59. The van der Waals surface area contributed by atoms with Crippen LogP contribution in [0.4, 0.5) is 10.5 Å². The lowest BCUT2D eigenvalue weighted by Crippen LogP contribution is -2.63. The fourth-order valence-electron chi connectivity index (χ4n) is 5.81. The van der Waals surface area contributed by atoms with E-state index in [-0.39, 0.29) is 42.6 Å². The van der Waals surface area contributed by atoms with Crippen LogP contribution in [0.15, 0.2) is 35.9 Å². The maximum Gasteiger partial charge on any atom is 0.409 e. The lowest BCUT2D eigenvalue weighted by atomic mass is 9.81. The zero-order chi connectivity index (χ0) is 29.6. The molecule has 2 saturated heterocycles. The van der Waals surface area contributed by atoms with Gasteiger partial charge in [-0.3, -0.25) is 10.1 Å². The Morgan fingerprint density at radius 1 is 1.20 bits per heavy atom. The number of amides is 2. The summed E-state index contributed by atoms with van der Waals surface area (Å²) in [5.41, 5.74) is 0.234. The van der Waals surface area contributed by atoms with E-state index in [4.69, 9.17) is 30.5 Å². The minimum Gasteiger partial charge on any atom is -0.495 e. The largest absolute Gasteiger partial charge is 0.495 e. The van der Waals surface area contributed by atoms with Crippen LogP contribution >= 0.6 is 11.6 Å². The second-order valence-corrected chi connectivity index (χ2v) is 11.9. The smallest absolute Gasteiger partial charge is 0.409 e. The number of rotatable bonds is 2. The minimum atomic E-state index is -1.68. The summed E-state index contributed by atoms with van der Waals surface area (Å²) in [5.74, 6) is -0.0477. The fraction of sp³-hybridized carbons (Fsp3) is 0.600. The van der Waals surface area contributed by atoms with Gasteiger partial charge in [0.05, 0.1) is 24.5 Å². The van der Waals surface area contributed by atoms with Crippen molar-refractivity contribution in [1.82, 2.24) is 5.32 Å². The van der Waals surface area contributed by atoms with Crippen LogP contribution in [0.1, 0.15) is 58.9 Å². The van der Waals surface area contributed by atoms with Gasteiger partial charge < -0.3 is 29.0 Å². The highest BCUT2D eigenvalue weighted by atomic mass is 35.5. The number of epoxide rings is 1. The molecule has 10 heteroatoms. The fourth-order valence-corrected chi connectivity index (χ4v) is 6.13. The van der Waals surface area contributed by atoms with Gasteiger partial charge >= 0.3 is 6.09 Å². The van der Waals surface area contributed by atoms with E-state index in [2.05, 4.69) is 12.2 Å². The number of nitrogens with zero attached hydrogens (tertiary/aromatic N) is 1. The first kappa shape index (κ1) is 30.4. The van der Waals surface area contributed by atoms with Gasteiger partial charge in [0.2, 0.25) is 5.91 Å². The molecule has 0 radical (unpaired) electrons. The number of nitrogens with one attached hydrogen (secondary N) is 1. The third kappa shape index (κ3) is 5.62. The predicted octanol–water partition coefficient (Wildman–Crippen LogP) is 4.95. The Kier molecular flexibility index (Phi) is 8.62. The number of anilines is 1. The molecular formula is C30H41ClN2O7. The molecule has 2 amide bonds. The van der Waals surface area contributed by atoms with Gasteiger partial charge in [-0.05, 0) is 37.5 Å². The van der Waals surface area contributed by atoms with Crippen LogP contribution in [0.2, 0.25) is 5.02 Å². The van der Waals surface area contributed by atoms with Gasteiger partial charge in [-0.15, -0.1) is 0 Å². The average molecular weight is 577 g/mol. The van der Waals surface area contributed by atoms with E-state index in [1.54, 1.807) is 31.2 Å². The molecule has 1 aromatic rings. The molecular weight excluding hydrogens is 536 g/mol. The third-order valence-electron chi connectivity index (χ3n) is 9.05. The molecule has 0 saturated carbocycles. The van der Waals surface area contributed by atoms with Crippen LogP contribution < -0.4 is 15.0 Å². The second kappa shape index (κ2) is 11.4. The summed E-state index contributed by atoms with van der Waals surface area (Å²) in [6, 6.07) is 3.80. The van der Waals surface area contributed by atoms with Crippen molar-refractivity contribution in [2.45, 2.75) is 83.0 Å². The molecule has 4 rings (SSSR count). The maximum atomic E-state index is 13.5. The lowest BCUT2D eigenvalue weighted by molar-refractivity contribution is -0.142. The van der Waals surface area contributed by atoms with Crippen LogP contribution in [0.3, 0.4) is 0 Å². The van der Waals surface area contributed by atoms with Crippen molar-refractivity contribution in [2.24, 2.45) is 11.8 Å². The van der Waals surface area contributed by atoms with E-state index in [1.165, 1.54) is 7.11 Å². The molecule has 8 unspecified atom stereocenters. The van der Waals surface area contributed by atoms with Crippen molar-refractivity contribution in [3.8, 4) is 5.75 Å². The Morgan fingerprint density at radius 2 is 1.90 bits per heavy atom. The zero-order valence-electron chi connectivity index (χ0n) is 24.5. The van der Waals surface area contributed by atoms with E-state index < -0.39 is 29.6 Å². The number of aliphatic hydroxyl groups is 1. The number of carbonyl (C=O) groups excluding carboxylic acids is 2. The summed E-state index contributed by atoms with van der Waals surface area (Å²) in [4.78, 5) is 27.6. The number of hydrogen-bond acceptors (Lipinski definition) is 7. The highest BCUT2D eigenvalue weighted by Gasteiger charge is 2.61.